The molecule has 0 aliphatic heterocycles. The van der Waals surface area contributed by atoms with E-state index in [0.717, 1.165) is 0 Å². The Balaban J connectivity index is 2.52. The summed E-state index contributed by atoms with van der Waals surface area (Å²) in [6.07, 6.45) is 0. The van der Waals surface area contributed by atoms with E-state index in [1.807, 2.05) is 0 Å². The molecule has 0 saturated carbocycles. The molecule has 0 aliphatic rings. The number of hydrogen-bond acceptors (Lipinski definition) is 5. The van der Waals surface area contributed by atoms with E-state index in [1.54, 1.807) is 24.3 Å². The van der Waals surface area contributed by atoms with Gasteiger partial charge in [0, 0.05) is 30.7 Å². The minimum Gasteiger partial charge on any atom is -0.289 e. The van der Waals surface area contributed by atoms with Crippen LogP contribution in [0.1, 0.15) is 15.9 Å². The normalized spacial score (nSPS) is 10.7. The molecule has 0 N–H and O–H groups in total. The van der Waals surface area contributed by atoms with Gasteiger partial charge in [0.1, 0.15) is 0 Å². The fourth-order valence-corrected chi connectivity index (χ4v) is 3.05. The third kappa shape index (κ3) is 3.29. The van der Waals surface area contributed by atoms with Gasteiger partial charge in [-0.05, 0) is 24.3 Å². The van der Waals surface area contributed by atoms with Crippen LogP contribution in [-0.4, -0.2) is 5.78 Å². The molecule has 0 spiro atoms. The summed E-state index contributed by atoms with van der Waals surface area (Å²) >= 11 is 28.8. The first kappa shape index (κ1) is 16.5. The van der Waals surface area contributed by atoms with Crippen molar-refractivity contribution in [2.45, 2.75) is 19.6 Å². The van der Waals surface area contributed by atoms with Gasteiger partial charge >= 0.3 is 0 Å². The van der Waals surface area contributed by atoms with Crippen LogP contribution in [-0.2, 0) is 0 Å². The van der Waals surface area contributed by atoms with Crippen molar-refractivity contribution in [2.24, 2.45) is 0 Å². The van der Waals surface area contributed by atoms with Crippen LogP contribution in [0.15, 0.2) is 43.8 Å². The van der Waals surface area contributed by atoms with Gasteiger partial charge in [-0.2, -0.15) is 0 Å². The van der Waals surface area contributed by atoms with E-state index in [-0.39, 0.29) is 5.78 Å². The van der Waals surface area contributed by atoms with E-state index < -0.39 is 0 Å². The van der Waals surface area contributed by atoms with E-state index in [9.17, 15) is 4.79 Å². The molecule has 7 heteroatoms. The first-order chi connectivity index (χ1) is 9.31. The Morgan fingerprint density at radius 1 is 0.700 bits per heavy atom. The number of carbonyl (C=O) groups is 1. The fraction of sp³-hybridized carbons (Fsp3) is 0. The Hall–Kier alpha value is 0.0900. The predicted octanol–water partition coefficient (Wildman–Crippen LogP) is 5.38. The van der Waals surface area contributed by atoms with Gasteiger partial charge in [0.05, 0.1) is 10.0 Å². The highest BCUT2D eigenvalue weighted by molar-refractivity contribution is 7.81. The first-order valence-electron chi connectivity index (χ1n) is 5.29. The average Bonchev–Trinajstić information content (AvgIpc) is 2.40. The van der Waals surface area contributed by atoms with Crippen LogP contribution < -0.4 is 0 Å². The predicted molar refractivity (Wildman–Crippen MR) is 95.3 cm³/mol. The number of ketones is 1. The number of halogens is 2. The maximum Gasteiger partial charge on any atom is 0.193 e. The molecule has 0 aliphatic carbocycles. The molecule has 0 aromatic heterocycles. The zero-order valence-corrected chi connectivity index (χ0v) is 14.9. The fourth-order valence-electron chi connectivity index (χ4n) is 1.62. The van der Waals surface area contributed by atoms with Crippen LogP contribution >= 0.6 is 73.7 Å². The smallest absolute Gasteiger partial charge is 0.193 e. The van der Waals surface area contributed by atoms with Crippen LogP contribution in [0.2, 0.25) is 10.0 Å². The average molecular weight is 379 g/mol. The Morgan fingerprint density at radius 3 is 1.20 bits per heavy atom. The maximum absolute atomic E-state index is 12.5. The van der Waals surface area contributed by atoms with Crippen LogP contribution in [0, 0.1) is 0 Å². The number of benzene rings is 2. The number of thiol groups is 4. The summed E-state index contributed by atoms with van der Waals surface area (Å²) in [4.78, 5) is 14.4. The van der Waals surface area contributed by atoms with Crippen LogP contribution in [0.5, 0.6) is 0 Å². The molecule has 2 aromatic carbocycles. The van der Waals surface area contributed by atoms with Gasteiger partial charge in [-0.15, -0.1) is 50.5 Å². The van der Waals surface area contributed by atoms with Crippen molar-refractivity contribution < 1.29 is 4.79 Å². The summed E-state index contributed by atoms with van der Waals surface area (Å²) in [5.74, 6) is -0.200. The van der Waals surface area contributed by atoms with Gasteiger partial charge in [-0.3, -0.25) is 4.79 Å². The highest BCUT2D eigenvalue weighted by Gasteiger charge is 2.15. The quantitative estimate of drug-likeness (QED) is 0.407. The molecule has 0 bridgehead atoms. The Kier molecular flexibility index (Phi) is 5.32. The van der Waals surface area contributed by atoms with Crippen molar-refractivity contribution in [3.05, 3.63) is 45.4 Å². The van der Waals surface area contributed by atoms with Crippen molar-refractivity contribution in [3.8, 4) is 0 Å². The first-order valence-corrected chi connectivity index (χ1v) is 7.83. The standard InChI is InChI=1S/C13H8Cl2OS4/c14-11-7(17)1-5(2-8(11)18)13(16)6-3-9(19)12(15)10(20)4-6/h1-4,17-20H. The lowest BCUT2D eigenvalue weighted by atomic mass is 10.0. The van der Waals surface area contributed by atoms with Crippen molar-refractivity contribution in [2.75, 3.05) is 0 Å². The van der Waals surface area contributed by atoms with Gasteiger partial charge < -0.3 is 0 Å². The van der Waals surface area contributed by atoms with Gasteiger partial charge in [0.15, 0.2) is 5.78 Å². The van der Waals surface area contributed by atoms with Gasteiger partial charge in [0.25, 0.3) is 0 Å². The van der Waals surface area contributed by atoms with Crippen LogP contribution in [0.4, 0.5) is 0 Å². The maximum atomic E-state index is 12.5. The molecule has 0 radical (unpaired) electrons. The van der Waals surface area contributed by atoms with Gasteiger partial charge in [-0.1, -0.05) is 23.2 Å². The lowest BCUT2D eigenvalue weighted by molar-refractivity contribution is 0.103. The molecular formula is C13H8Cl2OS4. The summed E-state index contributed by atoms with van der Waals surface area (Å²) in [6.45, 7) is 0. The summed E-state index contributed by atoms with van der Waals surface area (Å²) in [6, 6.07) is 6.38. The van der Waals surface area contributed by atoms with Crippen LogP contribution in [0.25, 0.3) is 0 Å². The molecule has 2 aromatic rings. The molecular weight excluding hydrogens is 371 g/mol. The van der Waals surface area contributed by atoms with Crippen molar-refractivity contribution in [3.63, 3.8) is 0 Å². The SMILES string of the molecule is O=C(c1cc(S)c(Cl)c(S)c1)c1cc(S)c(Cl)c(S)c1. The lowest BCUT2D eigenvalue weighted by Crippen LogP contribution is -2.02. The molecule has 0 amide bonds. The van der Waals surface area contributed by atoms with Gasteiger partial charge in [-0.25, -0.2) is 0 Å². The molecule has 1 nitrogen and oxygen atoms in total. The lowest BCUT2D eigenvalue weighted by Gasteiger charge is -2.08. The van der Waals surface area contributed by atoms with E-state index in [0.29, 0.717) is 40.8 Å². The zero-order chi connectivity index (χ0) is 15.0. The molecule has 0 fully saturated rings. The molecule has 0 saturated heterocycles. The third-order valence-corrected chi connectivity index (χ3v) is 5.35. The molecule has 20 heavy (non-hydrogen) atoms. The third-order valence-electron chi connectivity index (χ3n) is 2.59. The van der Waals surface area contributed by atoms with Crippen LogP contribution in [0.3, 0.4) is 0 Å². The Bertz CT molecular complexity index is 610. The molecule has 104 valence electrons. The van der Waals surface area contributed by atoms with Crippen molar-refractivity contribution in [1.29, 1.82) is 0 Å². The van der Waals surface area contributed by atoms with E-state index >= 15 is 0 Å². The minimum atomic E-state index is -0.200. The second-order valence-corrected chi connectivity index (χ2v) is 6.67. The second-order valence-electron chi connectivity index (χ2n) is 3.99. The Labute approximate surface area is 148 Å². The topological polar surface area (TPSA) is 17.1 Å². The monoisotopic (exact) mass is 378 g/mol. The molecule has 0 atom stereocenters. The Morgan fingerprint density at radius 2 is 0.950 bits per heavy atom. The number of rotatable bonds is 2. The highest BCUT2D eigenvalue weighted by atomic mass is 35.5. The largest absolute Gasteiger partial charge is 0.289 e. The molecule has 2 rings (SSSR count). The molecule has 0 unspecified atom stereocenters. The summed E-state index contributed by atoms with van der Waals surface area (Å²) in [5.41, 5.74) is 0.874. The van der Waals surface area contributed by atoms with Crippen molar-refractivity contribution >= 4 is 79.5 Å². The number of hydrogen-bond donors (Lipinski definition) is 4. The molecule has 0 heterocycles. The summed E-state index contributed by atoms with van der Waals surface area (Å²) < 4.78 is 0. The van der Waals surface area contributed by atoms with E-state index in [1.165, 1.54) is 0 Å². The number of carbonyl (C=O) groups excluding carboxylic acids is 1. The van der Waals surface area contributed by atoms with E-state index in [2.05, 4.69) is 50.5 Å². The van der Waals surface area contributed by atoms with Crippen molar-refractivity contribution in [1.82, 2.24) is 0 Å². The van der Waals surface area contributed by atoms with E-state index in [4.69, 9.17) is 23.2 Å². The minimum absolute atomic E-state index is 0.200. The highest BCUT2D eigenvalue weighted by Crippen LogP contribution is 2.32. The summed E-state index contributed by atoms with van der Waals surface area (Å²) in [5, 5.41) is 0.822. The summed E-state index contributed by atoms with van der Waals surface area (Å²) in [7, 11) is 0. The second kappa shape index (κ2) is 6.46. The van der Waals surface area contributed by atoms with Gasteiger partial charge in [0.2, 0.25) is 0 Å². The zero-order valence-electron chi connectivity index (χ0n) is 9.76.